The molecule has 0 aliphatic rings. The molecule has 0 unspecified atom stereocenters. The molecule has 0 aliphatic heterocycles. The minimum atomic E-state index is 0.534. The predicted molar refractivity (Wildman–Crippen MR) is 66.4 cm³/mol. The summed E-state index contributed by atoms with van der Waals surface area (Å²) in [5.41, 5.74) is 0. The zero-order valence-corrected chi connectivity index (χ0v) is 10.4. The summed E-state index contributed by atoms with van der Waals surface area (Å²) in [7, 11) is 0. The summed E-state index contributed by atoms with van der Waals surface area (Å²) in [5, 5.41) is 0. The Morgan fingerprint density at radius 3 is 2.50 bits per heavy atom. The zero-order valence-electron chi connectivity index (χ0n) is 9.56. The van der Waals surface area contributed by atoms with Gasteiger partial charge in [0, 0.05) is 5.75 Å². The predicted octanol–water partition coefficient (Wildman–Crippen LogP) is 2.03. The van der Waals surface area contributed by atoms with E-state index in [4.69, 9.17) is 18.4 Å². The van der Waals surface area contributed by atoms with Crippen molar-refractivity contribution in [2.45, 2.75) is 0 Å². The van der Waals surface area contributed by atoms with Gasteiger partial charge in [0.1, 0.15) is 6.61 Å². The third-order valence-corrected chi connectivity index (χ3v) is 2.07. The first kappa shape index (κ1) is 15.5. The second-order valence-corrected chi connectivity index (χ2v) is 3.54. The van der Waals surface area contributed by atoms with Crippen molar-refractivity contribution in [1.29, 1.82) is 0 Å². The van der Waals surface area contributed by atoms with Gasteiger partial charge in [-0.05, 0) is 12.0 Å². The van der Waals surface area contributed by atoms with Gasteiger partial charge in [-0.2, -0.15) is 0 Å². The van der Waals surface area contributed by atoms with Crippen LogP contribution in [0.4, 0.5) is 0 Å². The van der Waals surface area contributed by atoms with Crippen molar-refractivity contribution in [3.63, 3.8) is 0 Å². The highest BCUT2D eigenvalue weighted by Crippen LogP contribution is 2.01. The van der Waals surface area contributed by atoms with Crippen molar-refractivity contribution in [3.8, 4) is 0 Å². The fourth-order valence-corrected chi connectivity index (χ4v) is 1.25. The Kier molecular flexibility index (Phi) is 14.1. The molecule has 0 N–H and O–H groups in total. The van der Waals surface area contributed by atoms with Gasteiger partial charge < -0.3 is 18.4 Å². The third kappa shape index (κ3) is 13.5. The van der Waals surface area contributed by atoms with E-state index in [1.807, 2.05) is 0 Å². The quantitative estimate of drug-likeness (QED) is 0.216. The van der Waals surface area contributed by atoms with E-state index in [9.17, 15) is 0 Å². The Bertz CT molecular complexity index is 146. The van der Waals surface area contributed by atoms with Gasteiger partial charge in [-0.15, -0.1) is 6.58 Å². The van der Waals surface area contributed by atoms with E-state index < -0.39 is 0 Å². The number of hydrogen-bond donors (Lipinski definition) is 0. The summed E-state index contributed by atoms with van der Waals surface area (Å²) in [4.78, 5) is 0. The van der Waals surface area contributed by atoms with E-state index in [-0.39, 0.29) is 0 Å². The van der Waals surface area contributed by atoms with Gasteiger partial charge in [-0.25, -0.2) is 0 Å². The Morgan fingerprint density at radius 1 is 0.938 bits per heavy atom. The summed E-state index contributed by atoms with van der Waals surface area (Å²) in [5.74, 6) is 0.813. The molecule has 0 aliphatic carbocycles. The lowest BCUT2D eigenvalue weighted by atomic mass is 10.7. The smallest absolute Gasteiger partial charge is 0.111 e. The Balaban J connectivity index is 2.87. The summed E-state index contributed by atoms with van der Waals surface area (Å²) in [6.07, 6.45) is 3.13. The van der Waals surface area contributed by atoms with Crippen LogP contribution in [0.3, 0.4) is 0 Å². The molecule has 0 heterocycles. The van der Waals surface area contributed by atoms with Crippen LogP contribution in [0.2, 0.25) is 0 Å². The molecule has 0 atom stereocenters. The van der Waals surface area contributed by atoms with Gasteiger partial charge in [0.05, 0.1) is 39.3 Å². The zero-order chi connectivity index (χ0) is 11.9. The molecule has 5 heteroatoms. The van der Waals surface area contributed by atoms with Gasteiger partial charge in [0.15, 0.2) is 0 Å². The Hall–Kier alpha value is -0.490. The molecule has 0 rings (SSSR count). The van der Waals surface area contributed by atoms with Crippen molar-refractivity contribution >= 4 is 12.0 Å². The summed E-state index contributed by atoms with van der Waals surface area (Å²) >= 11 is 1.39. The van der Waals surface area contributed by atoms with E-state index in [1.165, 1.54) is 18.3 Å². The molecule has 0 amide bonds. The van der Waals surface area contributed by atoms with Crippen molar-refractivity contribution in [3.05, 3.63) is 25.5 Å². The van der Waals surface area contributed by atoms with Crippen molar-refractivity contribution in [2.24, 2.45) is 0 Å². The molecule has 0 bridgehead atoms. The van der Waals surface area contributed by atoms with E-state index in [1.54, 1.807) is 6.08 Å². The second-order valence-electron chi connectivity index (χ2n) is 2.66. The molecule has 0 aromatic carbocycles. The largest absolute Gasteiger partial charge is 0.499 e. The number of ether oxygens (including phenoxy) is 3. The van der Waals surface area contributed by atoms with Crippen LogP contribution in [0.1, 0.15) is 0 Å². The van der Waals surface area contributed by atoms with E-state index in [2.05, 4.69) is 13.2 Å². The second kappa shape index (κ2) is 14.5. The van der Waals surface area contributed by atoms with Gasteiger partial charge in [-0.3, -0.25) is 0 Å². The highest BCUT2D eigenvalue weighted by Gasteiger charge is 1.92. The average molecular weight is 248 g/mol. The van der Waals surface area contributed by atoms with Gasteiger partial charge in [0.25, 0.3) is 0 Å². The van der Waals surface area contributed by atoms with Crippen LogP contribution in [-0.2, 0) is 18.4 Å². The van der Waals surface area contributed by atoms with Gasteiger partial charge >= 0.3 is 0 Å². The first-order chi connectivity index (χ1) is 7.91. The Morgan fingerprint density at radius 2 is 1.75 bits per heavy atom. The van der Waals surface area contributed by atoms with Crippen molar-refractivity contribution in [2.75, 3.05) is 45.4 Å². The monoisotopic (exact) mass is 248 g/mol. The fourth-order valence-electron chi connectivity index (χ4n) is 0.763. The molecular weight excluding hydrogens is 228 g/mol. The normalized spacial score (nSPS) is 10.0. The molecule has 0 saturated heterocycles. The first-order valence-corrected chi connectivity index (χ1v) is 6.06. The standard InChI is InChI=1S/C11H20O4S/c1-3-5-13-10-11-16-15-9-8-14-7-6-12-4-2/h3-4H,1-2,5-11H2. The Labute approximate surface area is 102 Å². The van der Waals surface area contributed by atoms with Crippen molar-refractivity contribution in [1.82, 2.24) is 0 Å². The fraction of sp³-hybridized carbons (Fsp3) is 0.636. The number of hydrogen-bond acceptors (Lipinski definition) is 5. The molecule has 94 valence electrons. The minimum absolute atomic E-state index is 0.534. The van der Waals surface area contributed by atoms with Crippen LogP contribution in [0.5, 0.6) is 0 Å². The topological polar surface area (TPSA) is 36.9 Å². The number of rotatable bonds is 13. The van der Waals surface area contributed by atoms with Gasteiger partial charge in [-0.1, -0.05) is 12.7 Å². The van der Waals surface area contributed by atoms with E-state index in [0.717, 1.165) is 5.75 Å². The van der Waals surface area contributed by atoms with E-state index >= 15 is 0 Å². The summed E-state index contributed by atoms with van der Waals surface area (Å²) in [6, 6.07) is 0. The van der Waals surface area contributed by atoms with Crippen molar-refractivity contribution < 1.29 is 18.4 Å². The van der Waals surface area contributed by atoms with Crippen LogP contribution in [0.15, 0.2) is 25.5 Å². The molecular formula is C11H20O4S. The van der Waals surface area contributed by atoms with Crippen LogP contribution >= 0.6 is 12.0 Å². The lowest BCUT2D eigenvalue weighted by Gasteiger charge is -2.04. The highest BCUT2D eigenvalue weighted by atomic mass is 32.2. The maximum Gasteiger partial charge on any atom is 0.111 e. The van der Waals surface area contributed by atoms with E-state index in [0.29, 0.717) is 39.6 Å². The molecule has 0 saturated carbocycles. The van der Waals surface area contributed by atoms with Crippen LogP contribution in [-0.4, -0.2) is 45.4 Å². The maximum atomic E-state index is 5.25. The minimum Gasteiger partial charge on any atom is -0.499 e. The van der Waals surface area contributed by atoms with Crippen LogP contribution < -0.4 is 0 Å². The molecule has 0 spiro atoms. The average Bonchev–Trinajstić information content (AvgIpc) is 2.31. The molecule has 4 nitrogen and oxygen atoms in total. The maximum absolute atomic E-state index is 5.25. The van der Waals surface area contributed by atoms with Crippen LogP contribution in [0.25, 0.3) is 0 Å². The lowest BCUT2D eigenvalue weighted by molar-refractivity contribution is 0.0691. The molecule has 16 heavy (non-hydrogen) atoms. The lowest BCUT2D eigenvalue weighted by Crippen LogP contribution is -2.06. The van der Waals surface area contributed by atoms with Gasteiger partial charge in [0.2, 0.25) is 0 Å². The van der Waals surface area contributed by atoms with Crippen LogP contribution in [0, 0.1) is 0 Å². The summed E-state index contributed by atoms with van der Waals surface area (Å²) in [6.45, 7) is 10.5. The molecule has 0 radical (unpaired) electrons. The first-order valence-electron chi connectivity index (χ1n) is 5.15. The molecule has 0 aromatic rings. The SMILES string of the molecule is C=CCOCCSOCCOCCOC=C. The highest BCUT2D eigenvalue weighted by molar-refractivity contribution is 7.94. The molecule has 0 aromatic heterocycles. The molecule has 0 fully saturated rings. The summed E-state index contributed by atoms with van der Waals surface area (Å²) < 4.78 is 20.5. The third-order valence-electron chi connectivity index (χ3n) is 1.40.